The molecule has 33 heavy (non-hydrogen) atoms. The van der Waals surface area contributed by atoms with Gasteiger partial charge in [0, 0.05) is 12.3 Å². The molecule has 180 valence electrons. The summed E-state index contributed by atoms with van der Waals surface area (Å²) in [5.74, 6) is -1.81. The predicted octanol–water partition coefficient (Wildman–Crippen LogP) is 9.71. The minimum atomic E-state index is -2.50. The highest BCUT2D eigenvalue weighted by atomic mass is 19.3. The van der Waals surface area contributed by atoms with Gasteiger partial charge in [-0.3, -0.25) is 0 Å². The highest BCUT2D eigenvalue weighted by Crippen LogP contribution is 2.46. The standard InChI is InChI=1S/C30H39F3/c1-3-4-22-8-17-28(18-9-22)30(32,33)20-23-6-11-24(12-7-23)25-13-15-26(16-14-25)27-10-5-21(2)29(31)19-27/h5,10,13-16,19,22-24,28H,3-4,6-9,11-12,17-18,20H2,1-2H3. The predicted molar refractivity (Wildman–Crippen MR) is 131 cm³/mol. The highest BCUT2D eigenvalue weighted by molar-refractivity contribution is 5.64. The SMILES string of the molecule is CCCC1CCC(C(F)(F)CC2CCC(c3ccc(-c4ccc(C)c(F)c4)cc3)CC2)CC1. The topological polar surface area (TPSA) is 0 Å². The average molecular weight is 457 g/mol. The lowest BCUT2D eigenvalue weighted by Crippen LogP contribution is -2.34. The molecule has 2 aliphatic carbocycles. The van der Waals surface area contributed by atoms with Crippen molar-refractivity contribution in [1.29, 1.82) is 0 Å². The largest absolute Gasteiger partial charge is 0.251 e. The Bertz CT molecular complexity index is 885. The van der Waals surface area contributed by atoms with Crippen LogP contribution in [0, 0.1) is 30.5 Å². The average Bonchev–Trinajstić information content (AvgIpc) is 2.82. The summed E-state index contributed by atoms with van der Waals surface area (Å²) >= 11 is 0. The zero-order chi connectivity index (χ0) is 23.4. The number of hydrogen-bond donors (Lipinski definition) is 0. The molecule has 0 unspecified atom stereocenters. The van der Waals surface area contributed by atoms with Gasteiger partial charge in [0.15, 0.2) is 0 Å². The van der Waals surface area contributed by atoms with Gasteiger partial charge in [-0.2, -0.15) is 0 Å². The number of aryl methyl sites for hydroxylation is 1. The van der Waals surface area contributed by atoms with E-state index < -0.39 is 11.8 Å². The van der Waals surface area contributed by atoms with Gasteiger partial charge in [-0.05, 0) is 104 Å². The van der Waals surface area contributed by atoms with Gasteiger partial charge in [-0.25, -0.2) is 13.2 Å². The van der Waals surface area contributed by atoms with Crippen LogP contribution in [0.3, 0.4) is 0 Å². The van der Waals surface area contributed by atoms with Crippen molar-refractivity contribution in [2.45, 2.75) is 96.3 Å². The van der Waals surface area contributed by atoms with E-state index in [9.17, 15) is 4.39 Å². The van der Waals surface area contributed by atoms with Crippen molar-refractivity contribution >= 4 is 0 Å². The molecule has 0 heterocycles. The number of halogens is 3. The van der Waals surface area contributed by atoms with Gasteiger partial charge in [0.05, 0.1) is 0 Å². The fourth-order valence-corrected chi connectivity index (χ4v) is 6.25. The summed E-state index contributed by atoms with van der Waals surface area (Å²) in [6.07, 6.45) is 9.64. The molecule has 3 heteroatoms. The molecular formula is C30H39F3. The van der Waals surface area contributed by atoms with Crippen LogP contribution in [-0.2, 0) is 0 Å². The van der Waals surface area contributed by atoms with Crippen LogP contribution in [0.2, 0.25) is 0 Å². The third-order valence-electron chi connectivity index (χ3n) is 8.44. The van der Waals surface area contributed by atoms with Crippen molar-refractivity contribution in [1.82, 2.24) is 0 Å². The Labute approximate surface area is 198 Å². The summed E-state index contributed by atoms with van der Waals surface area (Å²) < 4.78 is 44.0. The molecule has 0 N–H and O–H groups in total. The molecule has 2 saturated carbocycles. The first-order valence-corrected chi connectivity index (χ1v) is 13.1. The van der Waals surface area contributed by atoms with E-state index in [0.29, 0.717) is 30.2 Å². The second-order valence-corrected chi connectivity index (χ2v) is 10.8. The van der Waals surface area contributed by atoms with E-state index in [0.717, 1.165) is 49.7 Å². The molecule has 0 radical (unpaired) electrons. The number of hydrogen-bond acceptors (Lipinski definition) is 0. The van der Waals surface area contributed by atoms with Gasteiger partial charge < -0.3 is 0 Å². The van der Waals surface area contributed by atoms with Crippen LogP contribution in [0.5, 0.6) is 0 Å². The molecule has 0 aliphatic heterocycles. The number of alkyl halides is 2. The quantitative estimate of drug-likeness (QED) is 0.389. The molecular weight excluding hydrogens is 417 g/mol. The molecule has 0 aromatic heterocycles. The molecule has 0 spiro atoms. The van der Waals surface area contributed by atoms with Crippen LogP contribution in [-0.4, -0.2) is 5.92 Å². The minimum Gasteiger partial charge on any atom is -0.207 e. The zero-order valence-corrected chi connectivity index (χ0v) is 20.3. The van der Waals surface area contributed by atoms with E-state index in [2.05, 4.69) is 31.2 Å². The first-order chi connectivity index (χ1) is 15.9. The molecule has 2 fully saturated rings. The van der Waals surface area contributed by atoms with E-state index >= 15 is 8.78 Å². The van der Waals surface area contributed by atoms with Gasteiger partial charge in [0.25, 0.3) is 5.92 Å². The van der Waals surface area contributed by atoms with Crippen LogP contribution in [0.25, 0.3) is 11.1 Å². The van der Waals surface area contributed by atoms with E-state index in [1.165, 1.54) is 18.4 Å². The molecule has 2 aliphatic rings. The molecule has 0 amide bonds. The zero-order valence-electron chi connectivity index (χ0n) is 20.3. The molecule has 2 aromatic rings. The second-order valence-electron chi connectivity index (χ2n) is 10.8. The van der Waals surface area contributed by atoms with Crippen molar-refractivity contribution in [3.63, 3.8) is 0 Å². The first-order valence-electron chi connectivity index (χ1n) is 13.1. The molecule has 0 atom stereocenters. The lowest BCUT2D eigenvalue weighted by Gasteiger charge is -2.37. The Kier molecular flexibility index (Phi) is 7.87. The molecule has 4 rings (SSSR count). The summed E-state index contributed by atoms with van der Waals surface area (Å²) in [5, 5.41) is 0. The Morgan fingerprint density at radius 3 is 2.00 bits per heavy atom. The first kappa shape index (κ1) is 24.4. The fraction of sp³-hybridized carbons (Fsp3) is 0.600. The number of rotatable bonds is 7. The van der Waals surface area contributed by atoms with Gasteiger partial charge in [0.1, 0.15) is 5.82 Å². The molecule has 0 saturated heterocycles. The van der Waals surface area contributed by atoms with Crippen molar-refractivity contribution in [2.75, 3.05) is 0 Å². The lowest BCUT2D eigenvalue weighted by atomic mass is 9.72. The van der Waals surface area contributed by atoms with Gasteiger partial charge in [-0.1, -0.05) is 56.2 Å². The Balaban J connectivity index is 1.28. The molecule has 0 nitrogen and oxygen atoms in total. The second kappa shape index (κ2) is 10.7. The van der Waals surface area contributed by atoms with Crippen LogP contribution >= 0.6 is 0 Å². The fourth-order valence-electron chi connectivity index (χ4n) is 6.25. The van der Waals surface area contributed by atoms with Crippen LogP contribution in [0.4, 0.5) is 13.2 Å². The lowest BCUT2D eigenvalue weighted by molar-refractivity contribution is -0.0955. The maximum absolute atomic E-state index is 15.1. The Hall–Kier alpha value is -1.77. The summed E-state index contributed by atoms with van der Waals surface area (Å²) in [6, 6.07) is 13.8. The Morgan fingerprint density at radius 2 is 1.39 bits per heavy atom. The van der Waals surface area contributed by atoms with E-state index in [4.69, 9.17) is 0 Å². The number of benzene rings is 2. The third-order valence-corrected chi connectivity index (χ3v) is 8.44. The van der Waals surface area contributed by atoms with Crippen LogP contribution < -0.4 is 0 Å². The van der Waals surface area contributed by atoms with E-state index in [1.807, 2.05) is 12.1 Å². The minimum absolute atomic E-state index is 0.0841. The van der Waals surface area contributed by atoms with Crippen molar-refractivity contribution in [3.05, 3.63) is 59.4 Å². The van der Waals surface area contributed by atoms with E-state index in [1.54, 1.807) is 13.0 Å². The molecule has 0 bridgehead atoms. The smallest absolute Gasteiger partial charge is 0.207 e. The summed E-state index contributed by atoms with van der Waals surface area (Å²) in [6.45, 7) is 3.96. The van der Waals surface area contributed by atoms with E-state index in [-0.39, 0.29) is 18.2 Å². The van der Waals surface area contributed by atoms with Gasteiger partial charge >= 0.3 is 0 Å². The summed E-state index contributed by atoms with van der Waals surface area (Å²) in [4.78, 5) is 0. The van der Waals surface area contributed by atoms with Crippen molar-refractivity contribution < 1.29 is 13.2 Å². The van der Waals surface area contributed by atoms with Gasteiger partial charge in [-0.15, -0.1) is 0 Å². The van der Waals surface area contributed by atoms with Crippen molar-refractivity contribution in [2.24, 2.45) is 17.8 Å². The highest BCUT2D eigenvalue weighted by Gasteiger charge is 2.43. The van der Waals surface area contributed by atoms with Crippen LogP contribution in [0.15, 0.2) is 42.5 Å². The molecule has 2 aromatic carbocycles. The summed E-state index contributed by atoms with van der Waals surface area (Å²) in [5.41, 5.74) is 3.84. The maximum Gasteiger partial charge on any atom is 0.251 e. The monoisotopic (exact) mass is 456 g/mol. The maximum atomic E-state index is 15.1. The third kappa shape index (κ3) is 6.03. The van der Waals surface area contributed by atoms with Crippen LogP contribution in [0.1, 0.15) is 94.6 Å². The normalized spacial score (nSPS) is 26.3. The van der Waals surface area contributed by atoms with Crippen molar-refractivity contribution in [3.8, 4) is 11.1 Å². The Morgan fingerprint density at radius 1 is 0.788 bits per heavy atom. The van der Waals surface area contributed by atoms with Gasteiger partial charge in [0.2, 0.25) is 0 Å². The summed E-state index contributed by atoms with van der Waals surface area (Å²) in [7, 11) is 0.